The molecule has 6 heteroatoms. The van der Waals surface area contributed by atoms with Crippen molar-refractivity contribution in [2.45, 2.75) is 31.7 Å². The van der Waals surface area contributed by atoms with Crippen LogP contribution in [0.4, 0.5) is 0 Å². The summed E-state index contributed by atoms with van der Waals surface area (Å²) >= 11 is 6.17. The zero-order valence-corrected chi connectivity index (χ0v) is 13.2. The van der Waals surface area contributed by atoms with Gasteiger partial charge in [0, 0.05) is 24.1 Å². The lowest BCUT2D eigenvalue weighted by Crippen LogP contribution is -2.18. The lowest BCUT2D eigenvalue weighted by Gasteiger charge is -2.15. The van der Waals surface area contributed by atoms with E-state index >= 15 is 0 Å². The fourth-order valence-corrected chi connectivity index (χ4v) is 2.80. The van der Waals surface area contributed by atoms with Crippen LogP contribution in [-0.4, -0.2) is 42.1 Å². The molecule has 3 atom stereocenters. The molecule has 22 heavy (non-hydrogen) atoms. The first-order valence-electron chi connectivity index (χ1n) is 7.17. The highest BCUT2D eigenvalue weighted by Gasteiger charge is 2.31. The van der Waals surface area contributed by atoms with Gasteiger partial charge < -0.3 is 19.3 Å². The third kappa shape index (κ3) is 2.97. The molecule has 1 aromatic heterocycles. The molecule has 0 unspecified atom stereocenters. The largest absolute Gasteiger partial charge is 0.493 e. The average Bonchev–Trinajstić information content (AvgIpc) is 2.83. The number of benzene rings is 1. The summed E-state index contributed by atoms with van der Waals surface area (Å²) in [4.78, 5) is 4.29. The highest BCUT2D eigenvalue weighted by atomic mass is 35.5. The van der Waals surface area contributed by atoms with Gasteiger partial charge in [0.2, 0.25) is 0 Å². The van der Waals surface area contributed by atoms with Crippen molar-refractivity contribution in [2.75, 3.05) is 13.7 Å². The summed E-state index contributed by atoms with van der Waals surface area (Å²) < 4.78 is 16.8. The second-order valence-electron chi connectivity index (χ2n) is 5.39. The molecular weight excluding hydrogens is 306 g/mol. The average molecular weight is 324 g/mol. The van der Waals surface area contributed by atoms with Gasteiger partial charge in [-0.3, -0.25) is 4.98 Å². The first-order valence-corrected chi connectivity index (χ1v) is 7.55. The van der Waals surface area contributed by atoms with Crippen molar-refractivity contribution < 1.29 is 19.3 Å². The quantitative estimate of drug-likeness (QED) is 0.937. The molecular formula is C16H18ClNO4. The maximum absolute atomic E-state index is 9.71. The number of methoxy groups -OCH3 is 1. The number of aromatic nitrogens is 1. The highest BCUT2D eigenvalue weighted by Crippen LogP contribution is 2.35. The highest BCUT2D eigenvalue weighted by molar-refractivity contribution is 6.35. The Morgan fingerprint density at radius 1 is 1.41 bits per heavy atom. The summed E-state index contributed by atoms with van der Waals surface area (Å²) in [6.07, 6.45) is 1.50. The molecule has 0 radical (unpaired) electrons. The Bertz CT molecular complexity index is 668. The Labute approximate surface area is 133 Å². The third-order valence-electron chi connectivity index (χ3n) is 3.85. The second kappa shape index (κ2) is 6.28. The lowest BCUT2D eigenvalue weighted by atomic mass is 10.1. The maximum Gasteiger partial charge on any atom is 0.163 e. The first-order chi connectivity index (χ1) is 10.6. The van der Waals surface area contributed by atoms with E-state index in [1.54, 1.807) is 25.4 Å². The number of hydrogen-bond donors (Lipinski definition) is 1. The second-order valence-corrected chi connectivity index (χ2v) is 5.80. The summed E-state index contributed by atoms with van der Waals surface area (Å²) in [7, 11) is 1.58. The summed E-state index contributed by atoms with van der Waals surface area (Å²) in [5.41, 5.74) is 0.740. The molecule has 0 aliphatic carbocycles. The van der Waals surface area contributed by atoms with E-state index in [-0.39, 0.29) is 12.2 Å². The number of hydrogen-bond acceptors (Lipinski definition) is 5. The minimum absolute atomic E-state index is 0.127. The van der Waals surface area contributed by atoms with Crippen LogP contribution in [0.15, 0.2) is 24.4 Å². The van der Waals surface area contributed by atoms with Gasteiger partial charge in [-0.2, -0.15) is 0 Å². The van der Waals surface area contributed by atoms with Crippen LogP contribution in [0.3, 0.4) is 0 Å². The molecule has 1 aliphatic rings. The molecule has 1 saturated heterocycles. The molecule has 5 nitrogen and oxygen atoms in total. The molecule has 0 spiro atoms. The van der Waals surface area contributed by atoms with Crippen LogP contribution in [0.2, 0.25) is 5.02 Å². The minimum atomic E-state index is -0.437. The normalized spacial score (nSPS) is 24.6. The van der Waals surface area contributed by atoms with Crippen LogP contribution >= 0.6 is 11.6 Å². The van der Waals surface area contributed by atoms with Crippen molar-refractivity contribution in [1.29, 1.82) is 0 Å². The third-order valence-corrected chi connectivity index (χ3v) is 4.18. The Hall–Kier alpha value is -1.56. The first kappa shape index (κ1) is 15.3. The lowest BCUT2D eigenvalue weighted by molar-refractivity contribution is 0.00474. The van der Waals surface area contributed by atoms with Gasteiger partial charge in [0.1, 0.15) is 6.61 Å². The predicted molar refractivity (Wildman–Crippen MR) is 83.8 cm³/mol. The maximum atomic E-state index is 9.71. The van der Waals surface area contributed by atoms with Crippen LogP contribution in [0.5, 0.6) is 11.5 Å². The summed E-state index contributed by atoms with van der Waals surface area (Å²) in [5.74, 6) is 1.18. The molecule has 2 aromatic rings. The van der Waals surface area contributed by atoms with E-state index in [4.69, 9.17) is 25.8 Å². The Balaban J connectivity index is 1.81. The van der Waals surface area contributed by atoms with Crippen LogP contribution in [0.25, 0.3) is 10.9 Å². The van der Waals surface area contributed by atoms with E-state index in [1.165, 1.54) is 0 Å². The number of nitrogens with zero attached hydrogens (tertiary/aromatic N) is 1. The van der Waals surface area contributed by atoms with Crippen LogP contribution < -0.4 is 9.47 Å². The fourth-order valence-electron chi connectivity index (χ4n) is 2.59. The smallest absolute Gasteiger partial charge is 0.163 e. The van der Waals surface area contributed by atoms with Gasteiger partial charge >= 0.3 is 0 Å². The monoisotopic (exact) mass is 323 g/mol. The Morgan fingerprint density at radius 2 is 2.23 bits per heavy atom. The summed E-state index contributed by atoms with van der Waals surface area (Å²) in [5, 5.41) is 11.1. The van der Waals surface area contributed by atoms with Crippen molar-refractivity contribution >= 4 is 22.5 Å². The number of fused-ring (bicyclic) bond motifs is 1. The topological polar surface area (TPSA) is 60.8 Å². The molecule has 1 N–H and O–H groups in total. The van der Waals surface area contributed by atoms with Crippen molar-refractivity contribution in [3.63, 3.8) is 0 Å². The number of pyridine rings is 1. The van der Waals surface area contributed by atoms with Crippen LogP contribution in [0, 0.1) is 0 Å². The fraction of sp³-hybridized carbons (Fsp3) is 0.438. The van der Waals surface area contributed by atoms with Gasteiger partial charge in [0.25, 0.3) is 0 Å². The Kier molecular flexibility index (Phi) is 4.38. The zero-order valence-electron chi connectivity index (χ0n) is 12.5. The van der Waals surface area contributed by atoms with Crippen molar-refractivity contribution in [3.8, 4) is 11.5 Å². The summed E-state index contributed by atoms with van der Waals surface area (Å²) in [6.45, 7) is 2.21. The molecule has 118 valence electrons. The Morgan fingerprint density at radius 3 is 2.91 bits per heavy atom. The standard InChI is InChI=1S/C16H18ClNO4/c1-9-14(19)5-10(22-9)8-21-16-7-13-11(6-15(16)20-2)12(17)3-4-18-13/h3-4,6-7,9-10,14,19H,5,8H2,1-2H3/t9-,10-,14+/m0/s1. The number of rotatable bonds is 4. The van der Waals surface area contributed by atoms with E-state index in [0.717, 1.165) is 10.9 Å². The molecule has 1 aliphatic heterocycles. The molecule has 1 aromatic carbocycles. The molecule has 3 rings (SSSR count). The minimum Gasteiger partial charge on any atom is -0.493 e. The van der Waals surface area contributed by atoms with E-state index in [0.29, 0.717) is 29.5 Å². The van der Waals surface area contributed by atoms with E-state index in [9.17, 15) is 5.11 Å². The zero-order chi connectivity index (χ0) is 15.7. The van der Waals surface area contributed by atoms with Crippen LogP contribution in [-0.2, 0) is 4.74 Å². The van der Waals surface area contributed by atoms with Gasteiger partial charge in [-0.05, 0) is 19.1 Å². The SMILES string of the molecule is COc1cc2c(Cl)ccnc2cc1OC[C@@H]1C[C@@H](O)[C@H](C)O1. The van der Waals surface area contributed by atoms with Gasteiger partial charge in [0.15, 0.2) is 11.5 Å². The molecule has 2 heterocycles. The molecule has 0 amide bonds. The molecule has 1 fully saturated rings. The number of aliphatic hydroxyl groups is 1. The van der Waals surface area contributed by atoms with Gasteiger partial charge in [-0.15, -0.1) is 0 Å². The van der Waals surface area contributed by atoms with Crippen LogP contribution in [0.1, 0.15) is 13.3 Å². The van der Waals surface area contributed by atoms with Crippen molar-refractivity contribution in [1.82, 2.24) is 4.98 Å². The number of ether oxygens (including phenoxy) is 3. The number of aliphatic hydroxyl groups excluding tert-OH is 1. The van der Waals surface area contributed by atoms with E-state index in [1.807, 2.05) is 13.0 Å². The van der Waals surface area contributed by atoms with Gasteiger partial charge in [-0.1, -0.05) is 11.6 Å². The van der Waals surface area contributed by atoms with Crippen molar-refractivity contribution in [3.05, 3.63) is 29.4 Å². The van der Waals surface area contributed by atoms with E-state index < -0.39 is 6.10 Å². The van der Waals surface area contributed by atoms with Crippen molar-refractivity contribution in [2.24, 2.45) is 0 Å². The predicted octanol–water partition coefficient (Wildman–Crippen LogP) is 2.81. The number of halogens is 1. The molecule has 0 bridgehead atoms. The van der Waals surface area contributed by atoms with Gasteiger partial charge in [-0.25, -0.2) is 0 Å². The van der Waals surface area contributed by atoms with Gasteiger partial charge in [0.05, 0.1) is 36.0 Å². The molecule has 0 saturated carbocycles. The van der Waals surface area contributed by atoms with E-state index in [2.05, 4.69) is 4.98 Å². The summed E-state index contributed by atoms with van der Waals surface area (Å²) in [6, 6.07) is 5.35.